The Labute approximate surface area is 99.6 Å². The quantitative estimate of drug-likeness (QED) is 0.826. The monoisotopic (exact) mass is 245 g/mol. The topological polar surface area (TPSA) is 12.0 Å². The first kappa shape index (κ1) is 13.5. The lowest BCUT2D eigenvalue weighted by molar-refractivity contribution is 0.487. The lowest BCUT2D eigenvalue weighted by atomic mass is 10.2. The summed E-state index contributed by atoms with van der Waals surface area (Å²) in [6, 6.07) is 4.56. The van der Waals surface area contributed by atoms with Gasteiger partial charge in [0, 0.05) is 23.9 Å². The van der Waals surface area contributed by atoms with Crippen molar-refractivity contribution in [3.8, 4) is 0 Å². The van der Waals surface area contributed by atoms with Crippen molar-refractivity contribution < 1.29 is 8.78 Å². The highest BCUT2D eigenvalue weighted by atomic mass is 32.2. The van der Waals surface area contributed by atoms with E-state index < -0.39 is 11.6 Å². The molecule has 1 nitrogen and oxygen atoms in total. The van der Waals surface area contributed by atoms with Crippen LogP contribution in [0, 0.1) is 11.6 Å². The van der Waals surface area contributed by atoms with Crippen LogP contribution < -0.4 is 5.32 Å². The number of hydrogen-bond donors (Lipinski definition) is 1. The number of thioether (sulfide) groups is 1. The van der Waals surface area contributed by atoms with Gasteiger partial charge in [-0.25, -0.2) is 8.78 Å². The Bertz CT molecular complexity index is 331. The molecule has 1 unspecified atom stereocenters. The first-order valence-electron chi connectivity index (χ1n) is 5.39. The highest BCUT2D eigenvalue weighted by Gasteiger charge is 2.08. The van der Waals surface area contributed by atoms with Gasteiger partial charge in [0.25, 0.3) is 0 Å². The van der Waals surface area contributed by atoms with E-state index in [2.05, 4.69) is 12.2 Å². The summed E-state index contributed by atoms with van der Waals surface area (Å²) in [6.45, 7) is 4.51. The minimum Gasteiger partial charge on any atom is -0.309 e. The summed E-state index contributed by atoms with van der Waals surface area (Å²) >= 11 is 1.83. The third kappa shape index (κ3) is 4.10. The average Bonchev–Trinajstić information content (AvgIpc) is 2.28. The van der Waals surface area contributed by atoms with Gasteiger partial charge < -0.3 is 5.32 Å². The third-order valence-corrected chi connectivity index (χ3v) is 3.39. The molecule has 0 aromatic heterocycles. The predicted molar refractivity (Wildman–Crippen MR) is 65.7 cm³/mol. The summed E-state index contributed by atoms with van der Waals surface area (Å²) in [5.41, 5.74) is 0.383. The van der Waals surface area contributed by atoms with Gasteiger partial charge in [-0.3, -0.25) is 0 Å². The van der Waals surface area contributed by atoms with E-state index in [1.165, 1.54) is 6.07 Å². The fraction of sp³-hybridized carbons (Fsp3) is 0.500. The van der Waals surface area contributed by atoms with E-state index in [4.69, 9.17) is 0 Å². The number of benzene rings is 1. The second-order valence-corrected chi connectivity index (χ2v) is 4.97. The highest BCUT2D eigenvalue weighted by Crippen LogP contribution is 2.11. The number of rotatable bonds is 6. The third-order valence-electron chi connectivity index (χ3n) is 2.24. The maximum Gasteiger partial charge on any atom is 0.163 e. The SMILES string of the molecule is CCSCC(C)NCc1cccc(F)c1F. The van der Waals surface area contributed by atoms with Crippen LogP contribution in [0.2, 0.25) is 0 Å². The molecule has 0 bridgehead atoms. The summed E-state index contributed by atoms with van der Waals surface area (Å²) in [6.07, 6.45) is 0. The fourth-order valence-corrected chi connectivity index (χ4v) is 2.03. The van der Waals surface area contributed by atoms with Crippen LogP contribution in [0.5, 0.6) is 0 Å². The second kappa shape index (κ2) is 6.86. The van der Waals surface area contributed by atoms with Gasteiger partial charge in [0.15, 0.2) is 11.6 Å². The summed E-state index contributed by atoms with van der Waals surface area (Å²) in [5.74, 6) is 0.522. The molecule has 0 spiro atoms. The maximum absolute atomic E-state index is 13.3. The largest absolute Gasteiger partial charge is 0.309 e. The van der Waals surface area contributed by atoms with Crippen molar-refractivity contribution in [2.24, 2.45) is 0 Å². The Balaban J connectivity index is 2.45. The zero-order chi connectivity index (χ0) is 12.0. The molecule has 4 heteroatoms. The predicted octanol–water partition coefficient (Wildman–Crippen LogP) is 3.20. The lowest BCUT2D eigenvalue weighted by Crippen LogP contribution is -2.28. The van der Waals surface area contributed by atoms with Crippen LogP contribution in [0.4, 0.5) is 8.78 Å². The van der Waals surface area contributed by atoms with E-state index in [9.17, 15) is 8.78 Å². The van der Waals surface area contributed by atoms with Crippen LogP contribution in [0.1, 0.15) is 19.4 Å². The van der Waals surface area contributed by atoms with E-state index in [1.54, 1.807) is 6.07 Å². The number of hydrogen-bond acceptors (Lipinski definition) is 2. The molecule has 0 saturated carbocycles. The van der Waals surface area contributed by atoms with E-state index in [-0.39, 0.29) is 0 Å². The Morgan fingerprint density at radius 2 is 2.12 bits per heavy atom. The molecule has 0 fully saturated rings. The van der Waals surface area contributed by atoms with Gasteiger partial charge in [0.2, 0.25) is 0 Å². The molecule has 90 valence electrons. The first-order chi connectivity index (χ1) is 7.65. The molecule has 1 aromatic carbocycles. The Hall–Kier alpha value is -0.610. The molecule has 1 aromatic rings. The summed E-state index contributed by atoms with van der Waals surface area (Å²) in [4.78, 5) is 0. The normalized spacial score (nSPS) is 12.8. The van der Waals surface area contributed by atoms with Crippen LogP contribution >= 0.6 is 11.8 Å². The van der Waals surface area contributed by atoms with Gasteiger partial charge in [0.1, 0.15) is 0 Å². The molecular formula is C12H17F2NS. The van der Waals surface area contributed by atoms with Crippen molar-refractivity contribution in [2.75, 3.05) is 11.5 Å². The molecule has 1 rings (SSSR count). The zero-order valence-corrected chi connectivity index (χ0v) is 10.4. The van der Waals surface area contributed by atoms with Crippen molar-refractivity contribution in [1.82, 2.24) is 5.32 Å². The van der Waals surface area contributed by atoms with Crippen LogP contribution in [0.25, 0.3) is 0 Å². The minimum absolute atomic E-state index is 0.299. The Kier molecular flexibility index (Phi) is 5.77. The molecule has 0 aliphatic rings. The molecule has 0 aliphatic heterocycles. The van der Waals surface area contributed by atoms with E-state index >= 15 is 0 Å². The first-order valence-corrected chi connectivity index (χ1v) is 6.54. The van der Waals surface area contributed by atoms with Gasteiger partial charge in [-0.15, -0.1) is 0 Å². The molecule has 0 saturated heterocycles. The van der Waals surface area contributed by atoms with Gasteiger partial charge in [-0.1, -0.05) is 19.1 Å². The molecule has 1 N–H and O–H groups in total. The second-order valence-electron chi connectivity index (χ2n) is 3.65. The van der Waals surface area contributed by atoms with Crippen molar-refractivity contribution in [3.63, 3.8) is 0 Å². The molecule has 1 atom stereocenters. The molecule has 0 heterocycles. The van der Waals surface area contributed by atoms with Crippen LogP contribution in [0.15, 0.2) is 18.2 Å². The fourth-order valence-electron chi connectivity index (χ4n) is 1.32. The smallest absolute Gasteiger partial charge is 0.163 e. The Morgan fingerprint density at radius 3 is 2.81 bits per heavy atom. The molecule has 0 amide bonds. The van der Waals surface area contributed by atoms with Crippen molar-refractivity contribution in [3.05, 3.63) is 35.4 Å². The van der Waals surface area contributed by atoms with E-state index in [1.807, 2.05) is 18.7 Å². The highest BCUT2D eigenvalue weighted by molar-refractivity contribution is 7.99. The van der Waals surface area contributed by atoms with E-state index in [0.717, 1.165) is 17.6 Å². The van der Waals surface area contributed by atoms with Gasteiger partial charge >= 0.3 is 0 Å². The number of halogens is 2. The average molecular weight is 245 g/mol. The summed E-state index contributed by atoms with van der Waals surface area (Å²) in [5, 5.41) is 3.17. The molecule has 16 heavy (non-hydrogen) atoms. The minimum atomic E-state index is -0.783. The van der Waals surface area contributed by atoms with Crippen LogP contribution in [-0.4, -0.2) is 17.5 Å². The van der Waals surface area contributed by atoms with Gasteiger partial charge in [0.05, 0.1) is 0 Å². The number of nitrogens with one attached hydrogen (secondary N) is 1. The summed E-state index contributed by atoms with van der Waals surface area (Å²) < 4.78 is 26.2. The molecular weight excluding hydrogens is 228 g/mol. The maximum atomic E-state index is 13.3. The summed E-state index contributed by atoms with van der Waals surface area (Å²) in [7, 11) is 0. The molecule has 0 radical (unpaired) electrons. The van der Waals surface area contributed by atoms with Crippen LogP contribution in [0.3, 0.4) is 0 Å². The zero-order valence-electron chi connectivity index (χ0n) is 9.59. The Morgan fingerprint density at radius 1 is 1.38 bits per heavy atom. The standard InChI is InChI=1S/C12H17F2NS/c1-3-16-8-9(2)15-7-10-5-4-6-11(13)12(10)14/h4-6,9,15H,3,7-8H2,1-2H3. The van der Waals surface area contributed by atoms with Gasteiger partial charge in [-0.2, -0.15) is 11.8 Å². The van der Waals surface area contributed by atoms with Crippen molar-refractivity contribution in [2.45, 2.75) is 26.4 Å². The van der Waals surface area contributed by atoms with Crippen LogP contribution in [-0.2, 0) is 6.54 Å². The lowest BCUT2D eigenvalue weighted by Gasteiger charge is -2.13. The van der Waals surface area contributed by atoms with E-state index in [0.29, 0.717) is 18.2 Å². The van der Waals surface area contributed by atoms with Crippen molar-refractivity contribution in [1.29, 1.82) is 0 Å². The van der Waals surface area contributed by atoms with Crippen molar-refractivity contribution >= 4 is 11.8 Å². The molecule has 0 aliphatic carbocycles. The van der Waals surface area contributed by atoms with Gasteiger partial charge in [-0.05, 0) is 18.7 Å².